The van der Waals surface area contributed by atoms with Crippen molar-refractivity contribution in [2.75, 3.05) is 6.54 Å². The lowest BCUT2D eigenvalue weighted by Gasteiger charge is -1.97. The first-order chi connectivity index (χ1) is 9.00. The molecule has 0 unspecified atom stereocenters. The fourth-order valence-electron chi connectivity index (χ4n) is 1.29. The first-order valence-corrected chi connectivity index (χ1v) is 6.95. The van der Waals surface area contributed by atoms with Crippen LogP contribution in [0.2, 0.25) is 0 Å². The van der Waals surface area contributed by atoms with E-state index in [0.717, 1.165) is 4.47 Å². The molecule has 1 N–H and O–H groups in total. The summed E-state index contributed by atoms with van der Waals surface area (Å²) in [5.41, 5.74) is 0. The molecule has 0 saturated carbocycles. The summed E-state index contributed by atoms with van der Waals surface area (Å²) in [6.45, 7) is -0.684. The van der Waals surface area contributed by atoms with Crippen LogP contribution < -0.4 is 0 Å². The molecule has 0 heterocycles. The van der Waals surface area contributed by atoms with E-state index in [1.54, 1.807) is 0 Å². The molecule has 0 aliphatic carbocycles. The Labute approximate surface area is 119 Å². The van der Waals surface area contributed by atoms with Crippen molar-refractivity contribution in [3.63, 3.8) is 0 Å². The molecule has 2 aromatic carbocycles. The number of carbonyl (C=O) groups is 1. The zero-order valence-corrected chi connectivity index (χ0v) is 12.1. The van der Waals surface area contributed by atoms with Gasteiger partial charge in [-0.3, -0.25) is 4.79 Å². The highest BCUT2D eigenvalue weighted by molar-refractivity contribution is 9.10. The molecule has 0 atom stereocenters. The summed E-state index contributed by atoms with van der Waals surface area (Å²) in [6.07, 6.45) is 0. The van der Waals surface area contributed by atoms with Crippen LogP contribution in [0.15, 0.2) is 51.3 Å². The Hall–Kier alpha value is -1.73. The van der Waals surface area contributed by atoms with Gasteiger partial charge in [0.1, 0.15) is 0 Å². The molecular formula is C12H10BrNO4S. The second-order valence-corrected chi connectivity index (χ2v) is 4.91. The van der Waals surface area contributed by atoms with E-state index in [1.807, 2.05) is 12.1 Å². The number of aliphatic carboxylic acids is 1. The molecule has 0 radical (unpaired) electrons. The highest BCUT2D eigenvalue weighted by atomic mass is 79.9. The first kappa shape index (κ1) is 15.3. The zero-order chi connectivity index (χ0) is 14.3. The average Bonchev–Trinajstić information content (AvgIpc) is 2.38. The Bertz CT molecular complexity index is 699. The number of rotatable bonds is 2. The minimum atomic E-state index is -2.59. The number of carboxylic acids is 1. The van der Waals surface area contributed by atoms with Gasteiger partial charge in [0.05, 0.1) is 0 Å². The van der Waals surface area contributed by atoms with Crippen molar-refractivity contribution in [1.29, 1.82) is 0 Å². The van der Waals surface area contributed by atoms with Crippen LogP contribution in [0.4, 0.5) is 0 Å². The minimum Gasteiger partial charge on any atom is -0.480 e. The van der Waals surface area contributed by atoms with Crippen molar-refractivity contribution in [3.05, 3.63) is 46.9 Å². The third-order valence-corrected chi connectivity index (χ3v) is 3.07. The Morgan fingerprint density at radius 3 is 2.32 bits per heavy atom. The van der Waals surface area contributed by atoms with Crippen LogP contribution in [0.3, 0.4) is 0 Å². The lowest BCUT2D eigenvalue weighted by atomic mass is 10.1. The molecule has 5 nitrogen and oxygen atoms in total. The van der Waals surface area contributed by atoms with Crippen LogP contribution in [0.5, 0.6) is 0 Å². The number of halogens is 1. The molecule has 0 fully saturated rings. The van der Waals surface area contributed by atoms with Gasteiger partial charge in [0.15, 0.2) is 6.54 Å². The summed E-state index contributed by atoms with van der Waals surface area (Å²) in [7, 11) is -2.59. The molecule has 0 aliphatic rings. The topological polar surface area (TPSA) is 83.8 Å². The molecule has 0 saturated heterocycles. The summed E-state index contributed by atoms with van der Waals surface area (Å²) in [4.78, 5) is 9.54. The van der Waals surface area contributed by atoms with Gasteiger partial charge in [-0.2, -0.15) is 12.8 Å². The summed E-state index contributed by atoms with van der Waals surface area (Å²) in [5.74, 6) is -1.26. The predicted octanol–water partition coefficient (Wildman–Crippen LogP) is 2.74. The van der Waals surface area contributed by atoms with Crippen molar-refractivity contribution >= 4 is 43.2 Å². The molecule has 100 valence electrons. The van der Waals surface area contributed by atoms with Crippen molar-refractivity contribution in [1.82, 2.24) is 0 Å². The highest BCUT2D eigenvalue weighted by Crippen LogP contribution is 2.22. The van der Waals surface area contributed by atoms with E-state index >= 15 is 0 Å². The predicted molar refractivity (Wildman–Crippen MR) is 75.5 cm³/mol. The molecule has 0 spiro atoms. The second kappa shape index (κ2) is 7.65. The van der Waals surface area contributed by atoms with Crippen molar-refractivity contribution < 1.29 is 18.3 Å². The van der Waals surface area contributed by atoms with E-state index in [1.165, 1.54) is 10.8 Å². The lowest BCUT2D eigenvalue weighted by Crippen LogP contribution is -1.97. The first-order valence-electron chi connectivity index (χ1n) is 5.12. The Morgan fingerprint density at radius 1 is 1.16 bits per heavy atom. The zero-order valence-electron chi connectivity index (χ0n) is 9.65. The number of carboxylic acid groups (broad SMARTS) is 1. The van der Waals surface area contributed by atoms with Crippen LogP contribution in [0, 0.1) is 0 Å². The monoisotopic (exact) mass is 343 g/mol. The van der Waals surface area contributed by atoms with E-state index in [4.69, 9.17) is 5.11 Å². The summed E-state index contributed by atoms with van der Waals surface area (Å²) in [5, 5.41) is 10.3. The molecule has 0 bridgehead atoms. The van der Waals surface area contributed by atoms with Gasteiger partial charge in [-0.05, 0) is 16.8 Å². The van der Waals surface area contributed by atoms with Crippen molar-refractivity contribution in [2.24, 2.45) is 4.36 Å². The van der Waals surface area contributed by atoms with Crippen LogP contribution >= 0.6 is 15.9 Å². The third kappa shape index (κ3) is 5.62. The molecule has 0 amide bonds. The Morgan fingerprint density at radius 2 is 1.79 bits per heavy atom. The highest BCUT2D eigenvalue weighted by Gasteiger charge is 1.93. The van der Waals surface area contributed by atoms with Gasteiger partial charge in [0.25, 0.3) is 0 Å². The SMILES string of the molecule is Brc1cccc2ccccc12.O=C(O)CN=S(=O)=O. The van der Waals surface area contributed by atoms with Gasteiger partial charge in [0, 0.05) is 4.47 Å². The number of hydrogen-bond acceptors (Lipinski definition) is 4. The largest absolute Gasteiger partial charge is 0.480 e. The number of nitrogens with zero attached hydrogens (tertiary/aromatic N) is 1. The maximum Gasteiger partial charge on any atom is 0.326 e. The molecule has 7 heteroatoms. The van der Waals surface area contributed by atoms with E-state index in [0.29, 0.717) is 0 Å². The van der Waals surface area contributed by atoms with E-state index in [-0.39, 0.29) is 0 Å². The summed E-state index contributed by atoms with van der Waals surface area (Å²) >= 11 is 3.50. The van der Waals surface area contributed by atoms with Gasteiger partial charge in [-0.25, -0.2) is 0 Å². The number of benzene rings is 2. The van der Waals surface area contributed by atoms with E-state index < -0.39 is 23.0 Å². The molecular weight excluding hydrogens is 334 g/mol. The molecule has 0 aliphatic heterocycles. The van der Waals surface area contributed by atoms with Gasteiger partial charge in [0.2, 0.25) is 0 Å². The molecule has 2 rings (SSSR count). The van der Waals surface area contributed by atoms with E-state index in [2.05, 4.69) is 50.6 Å². The standard InChI is InChI=1S/C10H7Br.C2H3NO4S/c11-10-7-3-5-8-4-1-2-6-9(8)10;4-2(5)1-3-8(6)7/h1-7H;1H2,(H,4,5). The van der Waals surface area contributed by atoms with Crippen molar-refractivity contribution in [3.8, 4) is 0 Å². The van der Waals surface area contributed by atoms with Gasteiger partial charge < -0.3 is 5.11 Å². The summed E-state index contributed by atoms with van der Waals surface area (Å²) in [6, 6.07) is 14.5. The van der Waals surface area contributed by atoms with Gasteiger partial charge >= 0.3 is 16.5 Å². The number of hydrogen-bond donors (Lipinski definition) is 1. The second-order valence-electron chi connectivity index (χ2n) is 3.36. The van der Waals surface area contributed by atoms with Crippen molar-refractivity contribution in [2.45, 2.75) is 0 Å². The van der Waals surface area contributed by atoms with Crippen LogP contribution in [-0.4, -0.2) is 26.0 Å². The Kier molecular flexibility index (Phi) is 6.17. The summed E-state index contributed by atoms with van der Waals surface area (Å²) < 4.78 is 22.8. The maximum atomic E-state index is 9.54. The molecule has 19 heavy (non-hydrogen) atoms. The van der Waals surface area contributed by atoms with Crippen LogP contribution in [-0.2, 0) is 15.3 Å². The smallest absolute Gasteiger partial charge is 0.326 e. The van der Waals surface area contributed by atoms with Gasteiger partial charge in [-0.1, -0.05) is 52.3 Å². The molecule has 2 aromatic rings. The van der Waals surface area contributed by atoms with Gasteiger partial charge in [-0.15, -0.1) is 0 Å². The quantitative estimate of drug-likeness (QED) is 0.908. The molecule has 0 aromatic heterocycles. The van der Waals surface area contributed by atoms with E-state index in [9.17, 15) is 13.2 Å². The lowest BCUT2D eigenvalue weighted by molar-refractivity contribution is -0.135. The number of fused-ring (bicyclic) bond motifs is 1. The third-order valence-electron chi connectivity index (χ3n) is 2.04. The van der Waals surface area contributed by atoms with Crippen LogP contribution in [0.1, 0.15) is 0 Å². The Balaban J connectivity index is 0.000000203. The fourth-order valence-corrected chi connectivity index (χ4v) is 2.02. The average molecular weight is 344 g/mol. The van der Waals surface area contributed by atoms with Crippen LogP contribution in [0.25, 0.3) is 10.8 Å². The minimum absolute atomic E-state index is 0.684. The fraction of sp³-hybridized carbons (Fsp3) is 0.0833. The normalized spacial score (nSPS) is 9.32. The maximum absolute atomic E-state index is 9.54.